The number of rotatable bonds is 5. The number of piperidine rings is 1. The first-order chi connectivity index (χ1) is 7.86. The van der Waals surface area contributed by atoms with Crippen molar-refractivity contribution in [3.63, 3.8) is 0 Å². The molecule has 1 aromatic rings. The molecule has 1 saturated heterocycles. The average molecular weight is 222 g/mol. The van der Waals surface area contributed by atoms with E-state index in [0.717, 1.165) is 31.3 Å². The Hall–Kier alpha value is -0.800. The van der Waals surface area contributed by atoms with E-state index >= 15 is 0 Å². The first-order valence-electron chi connectivity index (χ1n) is 6.29. The van der Waals surface area contributed by atoms with Gasteiger partial charge in [-0.3, -0.25) is 0 Å². The van der Waals surface area contributed by atoms with Crippen LogP contribution < -0.4 is 5.32 Å². The molecule has 2 rings (SSSR count). The van der Waals surface area contributed by atoms with E-state index in [9.17, 15) is 0 Å². The monoisotopic (exact) mass is 222 g/mol. The first-order valence-corrected chi connectivity index (χ1v) is 6.29. The fraction of sp³-hybridized carbons (Fsp3) is 0.692. The van der Waals surface area contributed by atoms with E-state index in [2.05, 4.69) is 17.3 Å². The highest BCUT2D eigenvalue weighted by Gasteiger charge is 2.17. The van der Waals surface area contributed by atoms with Crippen LogP contribution in [0.15, 0.2) is 22.8 Å². The van der Waals surface area contributed by atoms with Crippen LogP contribution in [0.2, 0.25) is 0 Å². The lowest BCUT2D eigenvalue weighted by atomic mass is 10.0. The molecule has 1 N–H and O–H groups in total. The Morgan fingerprint density at radius 1 is 1.50 bits per heavy atom. The van der Waals surface area contributed by atoms with Crippen LogP contribution in [0, 0.1) is 0 Å². The van der Waals surface area contributed by atoms with Gasteiger partial charge in [0.15, 0.2) is 0 Å². The van der Waals surface area contributed by atoms with Crippen LogP contribution in [-0.4, -0.2) is 37.6 Å². The highest BCUT2D eigenvalue weighted by molar-refractivity contribution is 4.98. The topological polar surface area (TPSA) is 28.4 Å². The SMILES string of the molecule is CN1CCCCC1CNCCc1ccco1. The van der Waals surface area contributed by atoms with E-state index in [0.29, 0.717) is 0 Å². The van der Waals surface area contributed by atoms with Gasteiger partial charge in [0.1, 0.15) is 5.76 Å². The molecule has 90 valence electrons. The Labute approximate surface area is 97.8 Å². The normalized spacial score (nSPS) is 22.4. The molecule has 0 aliphatic carbocycles. The summed E-state index contributed by atoms with van der Waals surface area (Å²) >= 11 is 0. The quantitative estimate of drug-likeness (QED) is 0.771. The Morgan fingerprint density at radius 3 is 3.19 bits per heavy atom. The van der Waals surface area contributed by atoms with Gasteiger partial charge in [0, 0.05) is 25.6 Å². The molecule has 1 fully saturated rings. The van der Waals surface area contributed by atoms with Crippen molar-refractivity contribution in [3.8, 4) is 0 Å². The maximum Gasteiger partial charge on any atom is 0.105 e. The second kappa shape index (κ2) is 6.06. The Bertz CT molecular complexity index is 284. The average Bonchev–Trinajstić information content (AvgIpc) is 2.79. The summed E-state index contributed by atoms with van der Waals surface area (Å²) < 4.78 is 5.30. The molecule has 0 bridgehead atoms. The van der Waals surface area contributed by atoms with Crippen molar-refractivity contribution in [1.29, 1.82) is 0 Å². The zero-order valence-electron chi connectivity index (χ0n) is 10.1. The molecule has 1 aliphatic rings. The van der Waals surface area contributed by atoms with Crippen molar-refractivity contribution in [2.75, 3.05) is 26.7 Å². The van der Waals surface area contributed by atoms with Crippen LogP contribution >= 0.6 is 0 Å². The maximum absolute atomic E-state index is 5.30. The van der Waals surface area contributed by atoms with E-state index < -0.39 is 0 Å². The molecular formula is C13H22N2O. The van der Waals surface area contributed by atoms with Crippen LogP contribution in [0.25, 0.3) is 0 Å². The summed E-state index contributed by atoms with van der Waals surface area (Å²) in [7, 11) is 2.23. The molecule has 3 heteroatoms. The molecule has 16 heavy (non-hydrogen) atoms. The molecule has 0 radical (unpaired) electrons. The van der Waals surface area contributed by atoms with E-state index in [1.165, 1.54) is 25.8 Å². The number of hydrogen-bond donors (Lipinski definition) is 1. The third-order valence-corrected chi connectivity index (χ3v) is 3.43. The fourth-order valence-corrected chi connectivity index (χ4v) is 2.34. The second-order valence-electron chi connectivity index (χ2n) is 4.66. The summed E-state index contributed by atoms with van der Waals surface area (Å²) in [6.07, 6.45) is 6.81. The van der Waals surface area contributed by atoms with Gasteiger partial charge >= 0.3 is 0 Å². The lowest BCUT2D eigenvalue weighted by molar-refractivity contribution is 0.182. The molecule has 2 heterocycles. The van der Waals surface area contributed by atoms with Gasteiger partial charge in [0.2, 0.25) is 0 Å². The zero-order chi connectivity index (χ0) is 11.2. The van der Waals surface area contributed by atoms with Gasteiger partial charge in [0.05, 0.1) is 6.26 Å². The van der Waals surface area contributed by atoms with Gasteiger partial charge < -0.3 is 14.6 Å². The third-order valence-electron chi connectivity index (χ3n) is 3.43. The lowest BCUT2D eigenvalue weighted by Crippen LogP contribution is -2.43. The molecular weight excluding hydrogens is 200 g/mol. The predicted molar refractivity (Wildman–Crippen MR) is 65.6 cm³/mol. The summed E-state index contributed by atoms with van der Waals surface area (Å²) in [5.74, 6) is 1.07. The van der Waals surface area contributed by atoms with Crippen molar-refractivity contribution in [1.82, 2.24) is 10.2 Å². The predicted octanol–water partition coefficient (Wildman–Crippen LogP) is 1.90. The van der Waals surface area contributed by atoms with Gasteiger partial charge in [-0.15, -0.1) is 0 Å². The van der Waals surface area contributed by atoms with Crippen molar-refractivity contribution in [3.05, 3.63) is 24.2 Å². The van der Waals surface area contributed by atoms with E-state index in [1.54, 1.807) is 6.26 Å². The van der Waals surface area contributed by atoms with Crippen molar-refractivity contribution in [2.45, 2.75) is 31.7 Å². The molecule has 1 unspecified atom stereocenters. The zero-order valence-corrected chi connectivity index (χ0v) is 10.1. The standard InChI is InChI=1S/C13H22N2O/c1-15-9-3-2-5-12(15)11-14-8-7-13-6-4-10-16-13/h4,6,10,12,14H,2-3,5,7-9,11H2,1H3. The smallest absolute Gasteiger partial charge is 0.105 e. The largest absolute Gasteiger partial charge is 0.469 e. The van der Waals surface area contributed by atoms with Gasteiger partial charge in [-0.2, -0.15) is 0 Å². The summed E-state index contributed by atoms with van der Waals surface area (Å²) in [6.45, 7) is 3.37. The number of hydrogen-bond acceptors (Lipinski definition) is 3. The van der Waals surface area contributed by atoms with E-state index in [1.807, 2.05) is 12.1 Å². The molecule has 0 saturated carbocycles. The van der Waals surface area contributed by atoms with Crippen molar-refractivity contribution in [2.24, 2.45) is 0 Å². The van der Waals surface area contributed by atoms with Gasteiger partial charge in [-0.05, 0) is 38.6 Å². The minimum absolute atomic E-state index is 0.727. The molecule has 1 atom stereocenters. The first kappa shape index (κ1) is 11.7. The van der Waals surface area contributed by atoms with Gasteiger partial charge in [-0.1, -0.05) is 6.42 Å². The van der Waals surface area contributed by atoms with E-state index in [-0.39, 0.29) is 0 Å². The Kier molecular flexibility index (Phi) is 4.43. The molecule has 0 spiro atoms. The molecule has 3 nitrogen and oxygen atoms in total. The van der Waals surface area contributed by atoms with Crippen molar-refractivity contribution >= 4 is 0 Å². The molecule has 0 amide bonds. The number of likely N-dealkylation sites (tertiary alicyclic amines) is 1. The fourth-order valence-electron chi connectivity index (χ4n) is 2.34. The number of likely N-dealkylation sites (N-methyl/N-ethyl adjacent to an activating group) is 1. The molecule has 1 aromatic heterocycles. The molecule has 1 aliphatic heterocycles. The number of furan rings is 1. The summed E-state index contributed by atoms with van der Waals surface area (Å²) in [6, 6.07) is 4.71. The maximum atomic E-state index is 5.30. The van der Waals surface area contributed by atoms with Crippen LogP contribution in [-0.2, 0) is 6.42 Å². The minimum atomic E-state index is 0.727. The van der Waals surface area contributed by atoms with Gasteiger partial charge in [-0.25, -0.2) is 0 Å². The highest BCUT2D eigenvalue weighted by Crippen LogP contribution is 2.13. The molecule has 0 aromatic carbocycles. The van der Waals surface area contributed by atoms with E-state index in [4.69, 9.17) is 4.42 Å². The van der Waals surface area contributed by atoms with Gasteiger partial charge in [0.25, 0.3) is 0 Å². The highest BCUT2D eigenvalue weighted by atomic mass is 16.3. The van der Waals surface area contributed by atoms with Crippen LogP contribution in [0.1, 0.15) is 25.0 Å². The van der Waals surface area contributed by atoms with Crippen molar-refractivity contribution < 1.29 is 4.42 Å². The minimum Gasteiger partial charge on any atom is -0.469 e. The lowest BCUT2D eigenvalue weighted by Gasteiger charge is -2.32. The number of nitrogens with one attached hydrogen (secondary N) is 1. The van der Waals surface area contributed by atoms with Crippen LogP contribution in [0.3, 0.4) is 0 Å². The Balaban J connectivity index is 1.60. The second-order valence-corrected chi connectivity index (χ2v) is 4.66. The summed E-state index contributed by atoms with van der Waals surface area (Å²) in [5, 5.41) is 3.52. The van der Waals surface area contributed by atoms with Crippen LogP contribution in [0.5, 0.6) is 0 Å². The summed E-state index contributed by atoms with van der Waals surface area (Å²) in [5.41, 5.74) is 0. The summed E-state index contributed by atoms with van der Waals surface area (Å²) in [4.78, 5) is 2.48. The van der Waals surface area contributed by atoms with Crippen LogP contribution in [0.4, 0.5) is 0 Å². The number of nitrogens with zero attached hydrogens (tertiary/aromatic N) is 1. The third kappa shape index (κ3) is 3.35. The Morgan fingerprint density at radius 2 is 2.44 bits per heavy atom.